The molecule has 0 aliphatic heterocycles. The van der Waals surface area contributed by atoms with Crippen molar-refractivity contribution in [1.29, 1.82) is 0 Å². The molecule has 5 nitrogen and oxygen atoms in total. The third-order valence-electron chi connectivity index (χ3n) is 3.07. The lowest BCUT2D eigenvalue weighted by molar-refractivity contribution is 0.102. The maximum atomic E-state index is 12.0. The van der Waals surface area contributed by atoms with Crippen molar-refractivity contribution in [1.82, 2.24) is 15.0 Å². The lowest BCUT2D eigenvalue weighted by Gasteiger charge is -2.04. The number of carbonyl (C=O) groups is 1. The maximum Gasteiger partial charge on any atom is 0.255 e. The number of aryl methyl sites for hydroxylation is 1. The summed E-state index contributed by atoms with van der Waals surface area (Å²) in [7, 11) is 0. The minimum atomic E-state index is -0.151. The number of nitrogens with zero attached hydrogens (tertiary/aromatic N) is 2. The van der Waals surface area contributed by atoms with Crippen molar-refractivity contribution in [3.63, 3.8) is 0 Å². The molecule has 0 spiro atoms. The second-order valence-electron chi connectivity index (χ2n) is 4.46. The van der Waals surface area contributed by atoms with Gasteiger partial charge in [0.15, 0.2) is 0 Å². The van der Waals surface area contributed by atoms with Crippen molar-refractivity contribution in [3.05, 3.63) is 54.1 Å². The minimum absolute atomic E-state index is 0. The van der Waals surface area contributed by atoms with Gasteiger partial charge in [-0.25, -0.2) is 4.98 Å². The molecule has 0 saturated heterocycles. The van der Waals surface area contributed by atoms with Crippen molar-refractivity contribution in [3.8, 4) is 0 Å². The molecule has 0 aliphatic carbocycles. The second-order valence-corrected chi connectivity index (χ2v) is 4.46. The summed E-state index contributed by atoms with van der Waals surface area (Å²) in [6.07, 6.45) is 4.05. The molecule has 0 radical (unpaired) electrons. The summed E-state index contributed by atoms with van der Waals surface area (Å²) < 4.78 is 0. The number of rotatable bonds is 3. The Morgan fingerprint density at radius 3 is 2.71 bits per heavy atom. The van der Waals surface area contributed by atoms with Gasteiger partial charge in [-0.2, -0.15) is 0 Å². The highest BCUT2D eigenvalue weighted by atomic mass is 35.5. The first-order valence-electron chi connectivity index (χ1n) is 6.46. The number of hydrogen-bond donors (Lipinski definition) is 2. The Balaban J connectivity index is 0.00000161. The first kappa shape index (κ1) is 15.0. The Kier molecular flexibility index (Phi) is 4.55. The predicted octanol–water partition coefficient (Wildman–Crippen LogP) is 3.19. The van der Waals surface area contributed by atoms with E-state index in [4.69, 9.17) is 0 Å². The van der Waals surface area contributed by atoms with Crippen LogP contribution in [0.25, 0.3) is 11.0 Å². The molecule has 6 heteroatoms. The molecule has 0 aliphatic rings. The highest BCUT2D eigenvalue weighted by molar-refractivity contribution is 6.04. The van der Waals surface area contributed by atoms with Crippen LogP contribution >= 0.6 is 12.4 Å². The average molecular weight is 303 g/mol. The average Bonchev–Trinajstić information content (AvgIpc) is 2.90. The van der Waals surface area contributed by atoms with Gasteiger partial charge in [0.1, 0.15) is 5.82 Å². The summed E-state index contributed by atoms with van der Waals surface area (Å²) in [5.41, 5.74) is 3.16. The van der Waals surface area contributed by atoms with E-state index in [9.17, 15) is 4.79 Å². The molecule has 0 unspecified atom stereocenters. The van der Waals surface area contributed by atoms with Crippen molar-refractivity contribution < 1.29 is 4.79 Å². The predicted molar refractivity (Wildman–Crippen MR) is 84.9 cm³/mol. The monoisotopic (exact) mass is 302 g/mol. The van der Waals surface area contributed by atoms with Crippen LogP contribution in [0.5, 0.6) is 0 Å². The summed E-state index contributed by atoms with van der Waals surface area (Å²) in [4.78, 5) is 23.6. The number of fused-ring (bicyclic) bond motifs is 1. The molecule has 0 atom stereocenters. The highest BCUT2D eigenvalue weighted by Crippen LogP contribution is 2.18. The number of benzene rings is 1. The Labute approximate surface area is 128 Å². The zero-order valence-electron chi connectivity index (χ0n) is 11.5. The molecule has 108 valence electrons. The summed E-state index contributed by atoms with van der Waals surface area (Å²) in [6, 6.07) is 8.99. The van der Waals surface area contributed by atoms with Crippen LogP contribution in [-0.2, 0) is 6.42 Å². The van der Waals surface area contributed by atoms with Crippen LogP contribution in [0.1, 0.15) is 23.1 Å². The molecule has 0 fully saturated rings. The molecular formula is C15H15ClN4O. The normalized spacial score (nSPS) is 10.1. The molecular weight excluding hydrogens is 288 g/mol. The Bertz CT molecular complexity index is 755. The van der Waals surface area contributed by atoms with Gasteiger partial charge in [0.25, 0.3) is 5.91 Å². The molecule has 2 aromatic heterocycles. The van der Waals surface area contributed by atoms with E-state index < -0.39 is 0 Å². The number of halogens is 1. The summed E-state index contributed by atoms with van der Waals surface area (Å²) in [5.74, 6) is 0.791. The van der Waals surface area contributed by atoms with Crippen molar-refractivity contribution in [2.75, 3.05) is 5.32 Å². The van der Waals surface area contributed by atoms with Crippen molar-refractivity contribution in [2.24, 2.45) is 0 Å². The van der Waals surface area contributed by atoms with Gasteiger partial charge in [0, 0.05) is 30.1 Å². The quantitative estimate of drug-likeness (QED) is 0.780. The molecule has 21 heavy (non-hydrogen) atoms. The first-order chi connectivity index (χ1) is 9.76. The van der Waals surface area contributed by atoms with Crippen LogP contribution in [-0.4, -0.2) is 20.9 Å². The Morgan fingerprint density at radius 1 is 1.24 bits per heavy atom. The zero-order chi connectivity index (χ0) is 13.9. The molecule has 2 N–H and O–H groups in total. The SMILES string of the molecule is CCc1nc2ccc(NC(=O)c3ccncc3)cc2[nH]1.Cl. The number of imidazole rings is 1. The van der Waals surface area contributed by atoms with E-state index in [2.05, 4.69) is 20.3 Å². The number of nitrogens with one attached hydrogen (secondary N) is 2. The lowest BCUT2D eigenvalue weighted by Crippen LogP contribution is -2.11. The van der Waals surface area contributed by atoms with Crippen LogP contribution in [0.2, 0.25) is 0 Å². The number of aromatic amines is 1. The third kappa shape index (κ3) is 3.20. The molecule has 1 aromatic carbocycles. The number of H-pyrrole nitrogens is 1. The molecule has 3 rings (SSSR count). The fraction of sp³-hybridized carbons (Fsp3) is 0.133. The fourth-order valence-corrected chi connectivity index (χ4v) is 2.01. The van der Waals surface area contributed by atoms with E-state index >= 15 is 0 Å². The topological polar surface area (TPSA) is 70.7 Å². The largest absolute Gasteiger partial charge is 0.342 e. The van der Waals surface area contributed by atoms with Crippen LogP contribution in [0.4, 0.5) is 5.69 Å². The van der Waals surface area contributed by atoms with Crippen LogP contribution in [0.15, 0.2) is 42.7 Å². The smallest absolute Gasteiger partial charge is 0.255 e. The van der Waals surface area contributed by atoms with E-state index in [0.717, 1.165) is 29.0 Å². The van der Waals surface area contributed by atoms with E-state index in [1.54, 1.807) is 24.5 Å². The van der Waals surface area contributed by atoms with Crippen molar-refractivity contribution in [2.45, 2.75) is 13.3 Å². The van der Waals surface area contributed by atoms with Crippen LogP contribution in [0.3, 0.4) is 0 Å². The molecule has 0 saturated carbocycles. The number of hydrogen-bond acceptors (Lipinski definition) is 3. The van der Waals surface area contributed by atoms with Crippen molar-refractivity contribution >= 4 is 35.0 Å². The van der Waals surface area contributed by atoms with Gasteiger partial charge in [-0.3, -0.25) is 9.78 Å². The third-order valence-corrected chi connectivity index (χ3v) is 3.07. The standard InChI is InChI=1S/C15H14N4O.ClH/c1-2-14-18-12-4-3-11(9-13(12)19-14)17-15(20)10-5-7-16-8-6-10;/h3-9H,2H2,1H3,(H,17,20)(H,18,19);1H. The van der Waals surface area contributed by atoms with Gasteiger partial charge in [-0.1, -0.05) is 6.92 Å². The van der Waals surface area contributed by atoms with Gasteiger partial charge >= 0.3 is 0 Å². The van der Waals surface area contributed by atoms with Gasteiger partial charge < -0.3 is 10.3 Å². The first-order valence-corrected chi connectivity index (χ1v) is 6.46. The number of anilines is 1. The van der Waals surface area contributed by atoms with Crippen LogP contribution in [0, 0.1) is 0 Å². The summed E-state index contributed by atoms with van der Waals surface area (Å²) in [5, 5.41) is 2.86. The number of carbonyl (C=O) groups excluding carboxylic acids is 1. The minimum Gasteiger partial charge on any atom is -0.342 e. The van der Waals surface area contributed by atoms with E-state index in [1.807, 2.05) is 25.1 Å². The summed E-state index contributed by atoms with van der Waals surface area (Å²) >= 11 is 0. The molecule has 2 heterocycles. The fourth-order valence-electron chi connectivity index (χ4n) is 2.01. The number of pyridine rings is 1. The molecule has 1 amide bonds. The lowest BCUT2D eigenvalue weighted by atomic mass is 10.2. The second kappa shape index (κ2) is 6.37. The molecule has 3 aromatic rings. The van der Waals surface area contributed by atoms with E-state index in [1.165, 1.54) is 0 Å². The van der Waals surface area contributed by atoms with Gasteiger partial charge in [-0.05, 0) is 30.3 Å². The van der Waals surface area contributed by atoms with Gasteiger partial charge in [-0.15, -0.1) is 12.4 Å². The van der Waals surface area contributed by atoms with E-state index in [0.29, 0.717) is 5.56 Å². The molecule has 0 bridgehead atoms. The highest BCUT2D eigenvalue weighted by Gasteiger charge is 2.07. The van der Waals surface area contributed by atoms with Crippen LogP contribution < -0.4 is 5.32 Å². The zero-order valence-corrected chi connectivity index (χ0v) is 12.3. The number of amides is 1. The maximum absolute atomic E-state index is 12.0. The Morgan fingerprint density at radius 2 is 2.00 bits per heavy atom. The number of aromatic nitrogens is 3. The van der Waals surface area contributed by atoms with E-state index in [-0.39, 0.29) is 18.3 Å². The summed E-state index contributed by atoms with van der Waals surface area (Å²) in [6.45, 7) is 2.05. The van der Waals surface area contributed by atoms with Gasteiger partial charge in [0.05, 0.1) is 11.0 Å². The van der Waals surface area contributed by atoms with Gasteiger partial charge in [0.2, 0.25) is 0 Å². The Hall–Kier alpha value is -2.40.